The maximum absolute atomic E-state index is 13.3. The normalized spacial score (nSPS) is 12.4. The molecule has 0 aliphatic carbocycles. The lowest BCUT2D eigenvalue weighted by Gasteiger charge is -2.23. The summed E-state index contributed by atoms with van der Waals surface area (Å²) in [5.41, 5.74) is 1.33. The molecule has 2 atom stereocenters. The average molecular weight is 430 g/mol. The molecule has 166 valence electrons. The summed E-state index contributed by atoms with van der Waals surface area (Å²) in [6.07, 6.45) is -1.17. The van der Waals surface area contributed by atoms with Crippen molar-refractivity contribution in [3.8, 4) is 5.75 Å². The molecular formula is C23H27FN2O5. The second-order valence-corrected chi connectivity index (χ2v) is 7.19. The molecule has 0 heterocycles. The maximum Gasteiger partial charge on any atom is 0.309 e. The highest BCUT2D eigenvalue weighted by Crippen LogP contribution is 2.21. The van der Waals surface area contributed by atoms with Gasteiger partial charge in [-0.05, 0) is 42.3 Å². The third kappa shape index (κ3) is 7.40. The first-order valence-electron chi connectivity index (χ1n) is 9.79. The van der Waals surface area contributed by atoms with Crippen LogP contribution in [0, 0.1) is 5.82 Å². The molecule has 2 unspecified atom stereocenters. The molecule has 8 heteroatoms. The highest BCUT2D eigenvalue weighted by atomic mass is 19.1. The first-order valence-corrected chi connectivity index (χ1v) is 9.79. The first kappa shape index (κ1) is 23.9. The van der Waals surface area contributed by atoms with E-state index in [0.717, 1.165) is 0 Å². The standard InChI is InChI=1S/C23H27FN2O5/c1-15(23(29)26(3)14-17-6-5-7-19(24)12-17)31-22(28)13-21(25-16(2)27)18-8-10-20(30-4)11-9-18/h5-12,15,21H,13-14H2,1-4H3,(H,25,27). The van der Waals surface area contributed by atoms with Crippen LogP contribution >= 0.6 is 0 Å². The van der Waals surface area contributed by atoms with Crippen LogP contribution in [-0.4, -0.2) is 42.9 Å². The zero-order chi connectivity index (χ0) is 23.0. The molecule has 31 heavy (non-hydrogen) atoms. The maximum atomic E-state index is 13.3. The highest BCUT2D eigenvalue weighted by molar-refractivity contribution is 5.83. The molecule has 0 radical (unpaired) electrons. The van der Waals surface area contributed by atoms with Gasteiger partial charge in [0.05, 0.1) is 19.6 Å². The second-order valence-electron chi connectivity index (χ2n) is 7.19. The van der Waals surface area contributed by atoms with Crippen molar-refractivity contribution < 1.29 is 28.2 Å². The Labute approximate surface area is 181 Å². The molecular weight excluding hydrogens is 403 g/mol. The van der Waals surface area contributed by atoms with E-state index in [4.69, 9.17) is 9.47 Å². The molecule has 0 saturated carbocycles. The summed E-state index contributed by atoms with van der Waals surface area (Å²) in [5, 5.41) is 2.72. The summed E-state index contributed by atoms with van der Waals surface area (Å²) in [5.74, 6) is -1.09. The molecule has 0 aliphatic heterocycles. The second kappa shape index (κ2) is 11.1. The van der Waals surface area contributed by atoms with Gasteiger partial charge >= 0.3 is 5.97 Å². The molecule has 2 aromatic carbocycles. The molecule has 2 aromatic rings. The minimum atomic E-state index is -1.03. The number of halogens is 1. The number of carbonyl (C=O) groups excluding carboxylic acids is 3. The van der Waals surface area contributed by atoms with E-state index in [1.54, 1.807) is 50.6 Å². The molecule has 0 spiro atoms. The van der Waals surface area contributed by atoms with E-state index in [1.807, 2.05) is 0 Å². The van der Waals surface area contributed by atoms with E-state index < -0.39 is 24.0 Å². The van der Waals surface area contributed by atoms with Crippen molar-refractivity contribution in [3.05, 3.63) is 65.5 Å². The summed E-state index contributed by atoms with van der Waals surface area (Å²) < 4.78 is 23.7. The summed E-state index contributed by atoms with van der Waals surface area (Å²) in [7, 11) is 3.09. The number of likely N-dealkylation sites (N-methyl/N-ethyl adjacent to an activating group) is 1. The lowest BCUT2D eigenvalue weighted by Crippen LogP contribution is -2.38. The van der Waals surface area contributed by atoms with Gasteiger partial charge in [0.25, 0.3) is 5.91 Å². The van der Waals surface area contributed by atoms with Gasteiger partial charge in [-0.1, -0.05) is 24.3 Å². The van der Waals surface area contributed by atoms with E-state index in [9.17, 15) is 18.8 Å². The smallest absolute Gasteiger partial charge is 0.309 e. The van der Waals surface area contributed by atoms with Crippen molar-refractivity contribution >= 4 is 17.8 Å². The number of nitrogens with zero attached hydrogens (tertiary/aromatic N) is 1. The fourth-order valence-corrected chi connectivity index (χ4v) is 3.09. The summed E-state index contributed by atoms with van der Waals surface area (Å²) in [6.45, 7) is 3.01. The van der Waals surface area contributed by atoms with Crippen LogP contribution in [-0.2, 0) is 25.7 Å². The third-order valence-corrected chi connectivity index (χ3v) is 4.61. The van der Waals surface area contributed by atoms with Crippen LogP contribution in [0.1, 0.15) is 37.4 Å². The van der Waals surface area contributed by atoms with Gasteiger partial charge in [-0.3, -0.25) is 14.4 Å². The molecule has 7 nitrogen and oxygen atoms in total. The van der Waals surface area contributed by atoms with Crippen LogP contribution in [0.2, 0.25) is 0 Å². The number of rotatable bonds is 9. The molecule has 2 amide bonds. The number of methoxy groups -OCH3 is 1. The molecule has 2 rings (SSSR count). The summed E-state index contributed by atoms with van der Waals surface area (Å²) in [4.78, 5) is 37.9. The van der Waals surface area contributed by atoms with E-state index in [1.165, 1.54) is 30.9 Å². The van der Waals surface area contributed by atoms with Crippen molar-refractivity contribution in [2.75, 3.05) is 14.2 Å². The number of hydrogen-bond donors (Lipinski definition) is 1. The van der Waals surface area contributed by atoms with Crippen molar-refractivity contribution in [3.63, 3.8) is 0 Å². The van der Waals surface area contributed by atoms with Crippen LogP contribution in [0.5, 0.6) is 5.75 Å². The minimum absolute atomic E-state index is 0.142. The summed E-state index contributed by atoms with van der Waals surface area (Å²) >= 11 is 0. The van der Waals surface area contributed by atoms with Crippen LogP contribution in [0.25, 0.3) is 0 Å². The SMILES string of the molecule is COc1ccc(C(CC(=O)OC(C)C(=O)N(C)Cc2cccc(F)c2)NC(C)=O)cc1. The van der Waals surface area contributed by atoms with E-state index in [2.05, 4.69) is 5.32 Å². The quantitative estimate of drug-likeness (QED) is 0.619. The van der Waals surface area contributed by atoms with E-state index in [0.29, 0.717) is 16.9 Å². The Morgan fingerprint density at radius 1 is 1.13 bits per heavy atom. The van der Waals surface area contributed by atoms with Crippen LogP contribution in [0.15, 0.2) is 48.5 Å². The van der Waals surface area contributed by atoms with Crippen molar-refractivity contribution in [1.29, 1.82) is 0 Å². The van der Waals surface area contributed by atoms with Crippen molar-refractivity contribution in [1.82, 2.24) is 10.2 Å². The van der Waals surface area contributed by atoms with Crippen LogP contribution in [0.4, 0.5) is 4.39 Å². The number of nitrogens with one attached hydrogen (secondary N) is 1. The topological polar surface area (TPSA) is 84.9 Å². The van der Waals surface area contributed by atoms with E-state index in [-0.39, 0.29) is 24.7 Å². The number of esters is 1. The molecule has 1 N–H and O–H groups in total. The Hall–Kier alpha value is -3.42. The van der Waals surface area contributed by atoms with Crippen LogP contribution in [0.3, 0.4) is 0 Å². The van der Waals surface area contributed by atoms with Gasteiger partial charge in [0, 0.05) is 20.5 Å². The molecule has 0 aliphatic rings. The molecule has 0 fully saturated rings. The Bertz CT molecular complexity index is 916. The molecule has 0 aromatic heterocycles. The Kier molecular flexibility index (Phi) is 8.54. The van der Waals surface area contributed by atoms with Crippen molar-refractivity contribution in [2.24, 2.45) is 0 Å². The number of ether oxygens (including phenoxy) is 2. The Morgan fingerprint density at radius 3 is 2.39 bits per heavy atom. The number of carbonyl (C=O) groups is 3. The van der Waals surface area contributed by atoms with Gasteiger partial charge in [0.2, 0.25) is 5.91 Å². The van der Waals surface area contributed by atoms with Crippen molar-refractivity contribution in [2.45, 2.75) is 39.0 Å². The van der Waals surface area contributed by atoms with Gasteiger partial charge in [-0.25, -0.2) is 4.39 Å². The first-order chi connectivity index (χ1) is 14.7. The Morgan fingerprint density at radius 2 is 1.81 bits per heavy atom. The lowest BCUT2D eigenvalue weighted by molar-refractivity contribution is -0.159. The third-order valence-electron chi connectivity index (χ3n) is 4.61. The fraction of sp³-hybridized carbons (Fsp3) is 0.348. The Balaban J connectivity index is 1.98. The zero-order valence-electron chi connectivity index (χ0n) is 18.1. The van der Waals surface area contributed by atoms with E-state index >= 15 is 0 Å². The van der Waals surface area contributed by atoms with Gasteiger partial charge in [0.15, 0.2) is 6.10 Å². The largest absolute Gasteiger partial charge is 0.497 e. The predicted molar refractivity (Wildman–Crippen MR) is 113 cm³/mol. The highest BCUT2D eigenvalue weighted by Gasteiger charge is 2.24. The fourth-order valence-electron chi connectivity index (χ4n) is 3.09. The number of amides is 2. The van der Waals surface area contributed by atoms with Crippen LogP contribution < -0.4 is 10.1 Å². The zero-order valence-corrected chi connectivity index (χ0v) is 18.1. The number of hydrogen-bond acceptors (Lipinski definition) is 5. The summed E-state index contributed by atoms with van der Waals surface area (Å²) in [6, 6.07) is 12.3. The van der Waals surface area contributed by atoms with Gasteiger partial charge < -0.3 is 19.7 Å². The average Bonchev–Trinajstić information content (AvgIpc) is 2.72. The molecule has 0 bridgehead atoms. The van der Waals surface area contributed by atoms with Gasteiger partial charge in [-0.2, -0.15) is 0 Å². The van der Waals surface area contributed by atoms with Gasteiger partial charge in [0.1, 0.15) is 11.6 Å². The molecule has 0 saturated heterocycles. The number of benzene rings is 2. The lowest BCUT2D eigenvalue weighted by atomic mass is 10.0. The monoisotopic (exact) mass is 430 g/mol. The predicted octanol–water partition coefficient (Wildman–Crippen LogP) is 2.99. The minimum Gasteiger partial charge on any atom is -0.497 e. The van der Waals surface area contributed by atoms with Gasteiger partial charge in [-0.15, -0.1) is 0 Å².